The van der Waals surface area contributed by atoms with Gasteiger partial charge in [0.2, 0.25) is 0 Å². The third-order valence-electron chi connectivity index (χ3n) is 3.17. The first-order valence-corrected chi connectivity index (χ1v) is 6.72. The van der Waals surface area contributed by atoms with E-state index in [1.54, 1.807) is 11.0 Å². The van der Waals surface area contributed by atoms with E-state index in [4.69, 9.17) is 4.74 Å². The average Bonchev–Trinajstić information content (AvgIpc) is 2.46. The number of carbonyl (C=O) groups is 2. The smallest absolute Gasteiger partial charge is 0.317 e. The number of amides is 3. The van der Waals surface area contributed by atoms with Gasteiger partial charge in [-0.05, 0) is 31.5 Å². The maximum Gasteiger partial charge on any atom is 0.317 e. The molecule has 0 saturated carbocycles. The first-order chi connectivity index (χ1) is 9.63. The summed E-state index contributed by atoms with van der Waals surface area (Å²) >= 11 is 0. The maximum absolute atomic E-state index is 11.8. The fourth-order valence-electron chi connectivity index (χ4n) is 2.04. The summed E-state index contributed by atoms with van der Waals surface area (Å²) in [4.78, 5) is 24.8. The summed E-state index contributed by atoms with van der Waals surface area (Å²) in [6.45, 7) is 5.69. The average molecular weight is 277 g/mol. The summed E-state index contributed by atoms with van der Waals surface area (Å²) in [6.07, 6.45) is 0. The van der Waals surface area contributed by atoms with Crippen molar-refractivity contribution in [2.24, 2.45) is 0 Å². The Morgan fingerprint density at radius 3 is 2.85 bits per heavy atom. The number of carbonyl (C=O) groups excluding carboxylic acids is 2. The van der Waals surface area contributed by atoms with Gasteiger partial charge in [-0.1, -0.05) is 6.07 Å². The quantitative estimate of drug-likeness (QED) is 0.877. The molecule has 0 fully saturated rings. The predicted octanol–water partition coefficient (Wildman–Crippen LogP) is 1.57. The third-order valence-corrected chi connectivity index (χ3v) is 3.17. The van der Waals surface area contributed by atoms with Gasteiger partial charge in [0, 0.05) is 19.6 Å². The topological polar surface area (TPSA) is 70.7 Å². The van der Waals surface area contributed by atoms with Gasteiger partial charge >= 0.3 is 6.03 Å². The lowest BCUT2D eigenvalue weighted by Crippen LogP contribution is -2.39. The van der Waals surface area contributed by atoms with Gasteiger partial charge in [0.15, 0.2) is 6.61 Å². The molecule has 1 heterocycles. The lowest BCUT2D eigenvalue weighted by atomic mass is 10.1. The molecule has 0 bridgehead atoms. The van der Waals surface area contributed by atoms with Gasteiger partial charge in [0.1, 0.15) is 5.75 Å². The number of benzene rings is 1. The molecular weight excluding hydrogens is 258 g/mol. The highest BCUT2D eigenvalue weighted by Crippen LogP contribution is 2.28. The number of nitrogens with one attached hydrogen (secondary N) is 2. The van der Waals surface area contributed by atoms with Crippen LogP contribution in [-0.2, 0) is 11.3 Å². The molecule has 1 aliphatic heterocycles. The fourth-order valence-corrected chi connectivity index (χ4v) is 2.04. The highest BCUT2D eigenvalue weighted by Gasteiger charge is 2.16. The van der Waals surface area contributed by atoms with E-state index in [0.717, 1.165) is 5.56 Å². The Hall–Kier alpha value is -2.24. The molecular formula is C14H19N3O3. The number of fused-ring (bicyclic) bond motifs is 1. The number of hydrogen-bond acceptors (Lipinski definition) is 3. The number of urea groups is 1. The van der Waals surface area contributed by atoms with Crippen LogP contribution in [0.5, 0.6) is 5.75 Å². The Balaban J connectivity index is 1.99. The Morgan fingerprint density at radius 1 is 1.40 bits per heavy atom. The Morgan fingerprint density at radius 2 is 2.15 bits per heavy atom. The molecule has 0 aliphatic carbocycles. The van der Waals surface area contributed by atoms with Crippen LogP contribution < -0.4 is 15.4 Å². The largest absolute Gasteiger partial charge is 0.482 e. The highest BCUT2D eigenvalue weighted by atomic mass is 16.5. The van der Waals surface area contributed by atoms with E-state index in [9.17, 15) is 9.59 Å². The molecule has 0 atom stereocenters. The van der Waals surface area contributed by atoms with Crippen molar-refractivity contribution in [3.05, 3.63) is 23.8 Å². The Labute approximate surface area is 118 Å². The van der Waals surface area contributed by atoms with Gasteiger partial charge in [-0.3, -0.25) is 4.79 Å². The van der Waals surface area contributed by atoms with E-state index < -0.39 is 0 Å². The van der Waals surface area contributed by atoms with Crippen LogP contribution in [0, 0.1) is 0 Å². The molecule has 0 saturated heterocycles. The molecule has 1 aromatic rings. The van der Waals surface area contributed by atoms with Crippen LogP contribution in [0.4, 0.5) is 10.5 Å². The summed E-state index contributed by atoms with van der Waals surface area (Å²) in [5.74, 6) is 0.491. The fraction of sp³-hybridized carbons (Fsp3) is 0.429. The molecule has 2 N–H and O–H groups in total. The van der Waals surface area contributed by atoms with E-state index in [1.165, 1.54) is 0 Å². The molecule has 108 valence electrons. The summed E-state index contributed by atoms with van der Waals surface area (Å²) in [5.41, 5.74) is 1.56. The van der Waals surface area contributed by atoms with Crippen LogP contribution in [0.2, 0.25) is 0 Å². The van der Waals surface area contributed by atoms with Crippen molar-refractivity contribution >= 4 is 17.6 Å². The molecule has 0 aromatic heterocycles. The second-order valence-electron chi connectivity index (χ2n) is 4.50. The van der Waals surface area contributed by atoms with Crippen molar-refractivity contribution < 1.29 is 14.3 Å². The van der Waals surface area contributed by atoms with Crippen molar-refractivity contribution in [1.82, 2.24) is 10.2 Å². The van der Waals surface area contributed by atoms with Gasteiger partial charge < -0.3 is 20.3 Å². The van der Waals surface area contributed by atoms with E-state index in [-0.39, 0.29) is 18.5 Å². The third kappa shape index (κ3) is 3.20. The number of nitrogens with zero attached hydrogens (tertiary/aromatic N) is 1. The number of hydrogen-bond donors (Lipinski definition) is 2. The summed E-state index contributed by atoms with van der Waals surface area (Å²) in [6, 6.07) is 5.40. The zero-order valence-corrected chi connectivity index (χ0v) is 11.7. The molecule has 1 aliphatic rings. The van der Waals surface area contributed by atoms with Gasteiger partial charge in [-0.15, -0.1) is 0 Å². The van der Waals surface area contributed by atoms with Crippen molar-refractivity contribution in [3.63, 3.8) is 0 Å². The van der Waals surface area contributed by atoms with Gasteiger partial charge in [0.05, 0.1) is 5.69 Å². The van der Waals surface area contributed by atoms with Gasteiger partial charge in [-0.25, -0.2) is 4.79 Å². The Bertz CT molecular complexity index is 512. The normalized spacial score (nSPS) is 13.0. The first kappa shape index (κ1) is 14.2. The van der Waals surface area contributed by atoms with Crippen molar-refractivity contribution in [1.29, 1.82) is 0 Å². The molecule has 0 unspecified atom stereocenters. The van der Waals surface area contributed by atoms with Crippen molar-refractivity contribution in [3.8, 4) is 5.75 Å². The predicted molar refractivity (Wildman–Crippen MR) is 75.7 cm³/mol. The minimum atomic E-state index is -0.165. The minimum Gasteiger partial charge on any atom is -0.482 e. The molecule has 1 aromatic carbocycles. The molecule has 2 rings (SSSR count). The van der Waals surface area contributed by atoms with Crippen LogP contribution in [-0.4, -0.2) is 36.5 Å². The lowest BCUT2D eigenvalue weighted by Gasteiger charge is -2.20. The highest BCUT2D eigenvalue weighted by molar-refractivity contribution is 5.95. The van der Waals surface area contributed by atoms with Crippen LogP contribution in [0.25, 0.3) is 0 Å². The van der Waals surface area contributed by atoms with Crippen LogP contribution in [0.3, 0.4) is 0 Å². The lowest BCUT2D eigenvalue weighted by molar-refractivity contribution is -0.118. The number of rotatable bonds is 4. The SMILES string of the molecule is CCN(CC)C(=O)NCc1ccc2c(c1)NC(=O)CO2. The standard InChI is InChI=1S/C14H19N3O3/c1-3-17(4-2)14(19)15-8-10-5-6-12-11(7-10)16-13(18)9-20-12/h5-7H,3-4,8-9H2,1-2H3,(H,15,19)(H,16,18). The first-order valence-electron chi connectivity index (χ1n) is 6.72. The Kier molecular flexibility index (Phi) is 4.45. The maximum atomic E-state index is 11.8. The zero-order valence-electron chi connectivity index (χ0n) is 11.7. The van der Waals surface area contributed by atoms with E-state index in [1.807, 2.05) is 26.0 Å². The number of ether oxygens (including phenoxy) is 1. The minimum absolute atomic E-state index is 0.0467. The molecule has 20 heavy (non-hydrogen) atoms. The van der Waals surface area contributed by atoms with E-state index in [0.29, 0.717) is 31.1 Å². The van der Waals surface area contributed by atoms with Gasteiger partial charge in [-0.2, -0.15) is 0 Å². The summed E-state index contributed by atoms with van der Waals surface area (Å²) in [5, 5.41) is 5.60. The molecule has 0 spiro atoms. The van der Waals surface area contributed by atoms with E-state index >= 15 is 0 Å². The van der Waals surface area contributed by atoms with Crippen LogP contribution in [0.1, 0.15) is 19.4 Å². The monoisotopic (exact) mass is 277 g/mol. The molecule has 6 heteroatoms. The second-order valence-corrected chi connectivity index (χ2v) is 4.50. The van der Waals surface area contributed by atoms with E-state index in [2.05, 4.69) is 10.6 Å². The summed E-state index contributed by atoms with van der Waals surface area (Å²) in [7, 11) is 0. The van der Waals surface area contributed by atoms with Crippen LogP contribution >= 0.6 is 0 Å². The molecule has 6 nitrogen and oxygen atoms in total. The van der Waals surface area contributed by atoms with Gasteiger partial charge in [0.25, 0.3) is 5.91 Å². The summed E-state index contributed by atoms with van der Waals surface area (Å²) < 4.78 is 5.28. The van der Waals surface area contributed by atoms with Crippen LogP contribution in [0.15, 0.2) is 18.2 Å². The zero-order chi connectivity index (χ0) is 14.5. The molecule has 3 amide bonds. The number of anilines is 1. The molecule has 0 radical (unpaired) electrons. The van der Waals surface area contributed by atoms with Crippen molar-refractivity contribution in [2.45, 2.75) is 20.4 Å². The van der Waals surface area contributed by atoms with Crippen molar-refractivity contribution in [2.75, 3.05) is 25.0 Å². The second kappa shape index (κ2) is 6.27.